The Bertz CT molecular complexity index is 689. The Hall–Kier alpha value is -2.82. The van der Waals surface area contributed by atoms with E-state index >= 15 is 0 Å². The van der Waals surface area contributed by atoms with Gasteiger partial charge < -0.3 is 10.2 Å². The van der Waals surface area contributed by atoms with Gasteiger partial charge in [0.15, 0.2) is 0 Å². The molecule has 0 fully saturated rings. The second kappa shape index (κ2) is 9.47. The molecule has 0 saturated heterocycles. The van der Waals surface area contributed by atoms with Crippen molar-refractivity contribution in [2.45, 2.75) is 20.8 Å². The van der Waals surface area contributed by atoms with E-state index in [1.165, 1.54) is 11.3 Å². The molecule has 0 aliphatic heterocycles. The molecule has 0 saturated carbocycles. The van der Waals surface area contributed by atoms with Crippen LogP contribution in [-0.4, -0.2) is 31.8 Å². The van der Waals surface area contributed by atoms with E-state index in [9.17, 15) is 4.79 Å². The average molecular weight is 338 g/mol. The molecule has 2 aromatic rings. The normalized spacial score (nSPS) is 10.7. The maximum absolute atomic E-state index is 11.8. The molecular formula is C20H26N4O. The molecular weight excluding hydrogens is 312 g/mol. The second-order valence-corrected chi connectivity index (χ2v) is 5.78. The van der Waals surface area contributed by atoms with Crippen LogP contribution in [0, 0.1) is 6.92 Å². The molecule has 1 amide bonds. The van der Waals surface area contributed by atoms with Crippen LogP contribution >= 0.6 is 0 Å². The van der Waals surface area contributed by atoms with Crippen LogP contribution in [0.4, 0.5) is 11.4 Å². The van der Waals surface area contributed by atoms with Crippen molar-refractivity contribution in [3.05, 3.63) is 59.7 Å². The molecule has 132 valence electrons. The van der Waals surface area contributed by atoms with Crippen LogP contribution in [0.1, 0.15) is 25.0 Å². The lowest BCUT2D eigenvalue weighted by Gasteiger charge is -2.20. The molecule has 0 spiro atoms. The first-order chi connectivity index (χ1) is 12.1. The van der Waals surface area contributed by atoms with Crippen molar-refractivity contribution < 1.29 is 4.79 Å². The second-order valence-electron chi connectivity index (χ2n) is 5.78. The fraction of sp³-hybridized carbons (Fsp3) is 0.300. The quantitative estimate of drug-likeness (QED) is 0.573. The van der Waals surface area contributed by atoms with Crippen molar-refractivity contribution in [1.29, 1.82) is 0 Å². The minimum Gasteiger partial charge on any atom is -0.376 e. The lowest BCUT2D eigenvalue weighted by Crippen LogP contribution is -2.25. The third-order valence-electron chi connectivity index (χ3n) is 3.93. The van der Waals surface area contributed by atoms with Gasteiger partial charge in [0.1, 0.15) is 0 Å². The van der Waals surface area contributed by atoms with Gasteiger partial charge in [-0.3, -0.25) is 4.79 Å². The Balaban J connectivity index is 1.79. The van der Waals surface area contributed by atoms with Crippen LogP contribution in [0.5, 0.6) is 0 Å². The zero-order valence-corrected chi connectivity index (χ0v) is 15.1. The maximum atomic E-state index is 11.8. The lowest BCUT2D eigenvalue weighted by atomic mass is 10.2. The zero-order chi connectivity index (χ0) is 18.1. The van der Waals surface area contributed by atoms with E-state index < -0.39 is 0 Å². The summed E-state index contributed by atoms with van der Waals surface area (Å²) in [6.07, 6.45) is 1.65. The average Bonchev–Trinajstić information content (AvgIpc) is 2.63. The Labute approximate surface area is 149 Å². The molecule has 0 atom stereocenters. The molecule has 5 heteroatoms. The van der Waals surface area contributed by atoms with Crippen molar-refractivity contribution in [2.75, 3.05) is 29.9 Å². The van der Waals surface area contributed by atoms with Crippen LogP contribution < -0.4 is 15.6 Å². The van der Waals surface area contributed by atoms with E-state index in [4.69, 9.17) is 0 Å². The number of hydrogen-bond acceptors (Lipinski definition) is 4. The Morgan fingerprint density at radius 2 is 1.68 bits per heavy atom. The number of nitrogens with one attached hydrogen (secondary N) is 2. The zero-order valence-electron chi connectivity index (χ0n) is 15.1. The third kappa shape index (κ3) is 5.95. The minimum atomic E-state index is -0.184. The highest BCUT2D eigenvalue weighted by molar-refractivity contribution is 5.84. The third-order valence-corrected chi connectivity index (χ3v) is 3.93. The van der Waals surface area contributed by atoms with Gasteiger partial charge in [0.2, 0.25) is 0 Å². The van der Waals surface area contributed by atoms with Crippen LogP contribution in [0.25, 0.3) is 0 Å². The topological polar surface area (TPSA) is 56.7 Å². The standard InChI is InChI=1S/C20H26N4O/c1-4-24(5-2)19-12-8-17(9-13-19)14-22-23-20(25)15-21-18-10-6-16(3)7-11-18/h6-14,21H,4-5,15H2,1-3H3,(H,23,25)/b22-14-. The number of hydrazone groups is 1. The van der Waals surface area contributed by atoms with Crippen LogP contribution in [0.2, 0.25) is 0 Å². The van der Waals surface area contributed by atoms with Crippen LogP contribution in [0.15, 0.2) is 53.6 Å². The summed E-state index contributed by atoms with van der Waals surface area (Å²) in [6.45, 7) is 8.45. The molecule has 0 unspecified atom stereocenters. The summed E-state index contributed by atoms with van der Waals surface area (Å²) in [6, 6.07) is 16.0. The molecule has 2 rings (SSSR count). The number of benzene rings is 2. The fourth-order valence-corrected chi connectivity index (χ4v) is 2.43. The highest BCUT2D eigenvalue weighted by Crippen LogP contribution is 2.14. The summed E-state index contributed by atoms with van der Waals surface area (Å²) in [5.74, 6) is -0.184. The van der Waals surface area contributed by atoms with Gasteiger partial charge in [-0.1, -0.05) is 29.8 Å². The number of amides is 1. The van der Waals surface area contributed by atoms with E-state index in [1.807, 2.05) is 43.3 Å². The van der Waals surface area contributed by atoms with Gasteiger partial charge in [0.05, 0.1) is 12.8 Å². The largest absolute Gasteiger partial charge is 0.376 e. The molecule has 0 aromatic heterocycles. The van der Waals surface area contributed by atoms with Crippen LogP contribution in [0.3, 0.4) is 0 Å². The predicted molar refractivity (Wildman–Crippen MR) is 105 cm³/mol. The Morgan fingerprint density at radius 1 is 1.04 bits per heavy atom. The first kappa shape index (κ1) is 18.5. The SMILES string of the molecule is CCN(CC)c1ccc(/C=N\NC(=O)CNc2ccc(C)cc2)cc1. The first-order valence-corrected chi connectivity index (χ1v) is 8.59. The Kier molecular flexibility index (Phi) is 7.01. The molecule has 0 aliphatic carbocycles. The number of anilines is 2. The molecule has 0 heterocycles. The molecule has 5 nitrogen and oxygen atoms in total. The van der Waals surface area contributed by atoms with Gasteiger partial charge >= 0.3 is 0 Å². The molecule has 2 aromatic carbocycles. The summed E-state index contributed by atoms with van der Waals surface area (Å²) >= 11 is 0. The van der Waals surface area contributed by atoms with E-state index in [1.54, 1.807) is 6.21 Å². The van der Waals surface area contributed by atoms with Crippen molar-refractivity contribution >= 4 is 23.5 Å². The summed E-state index contributed by atoms with van der Waals surface area (Å²) in [7, 11) is 0. The number of hydrogen-bond donors (Lipinski definition) is 2. The van der Waals surface area contributed by atoms with E-state index in [-0.39, 0.29) is 12.5 Å². The molecule has 2 N–H and O–H groups in total. The molecule has 0 radical (unpaired) electrons. The van der Waals surface area contributed by atoms with Crippen molar-refractivity contribution in [1.82, 2.24) is 5.43 Å². The monoisotopic (exact) mass is 338 g/mol. The molecule has 0 bridgehead atoms. The van der Waals surface area contributed by atoms with Crippen molar-refractivity contribution in [2.24, 2.45) is 5.10 Å². The Morgan fingerprint density at radius 3 is 2.28 bits per heavy atom. The number of aryl methyl sites for hydroxylation is 1. The lowest BCUT2D eigenvalue weighted by molar-refractivity contribution is -0.119. The van der Waals surface area contributed by atoms with Gasteiger partial charge in [-0.05, 0) is 50.6 Å². The van der Waals surface area contributed by atoms with Crippen molar-refractivity contribution in [3.8, 4) is 0 Å². The van der Waals surface area contributed by atoms with Gasteiger partial charge in [0.25, 0.3) is 5.91 Å². The minimum absolute atomic E-state index is 0.182. The maximum Gasteiger partial charge on any atom is 0.259 e. The van der Waals surface area contributed by atoms with Gasteiger partial charge in [-0.25, -0.2) is 5.43 Å². The highest BCUT2D eigenvalue weighted by atomic mass is 16.2. The van der Waals surface area contributed by atoms with E-state index in [2.05, 4.69) is 46.7 Å². The summed E-state index contributed by atoms with van der Waals surface area (Å²) in [4.78, 5) is 14.1. The van der Waals surface area contributed by atoms with Gasteiger partial charge in [0, 0.05) is 24.5 Å². The summed E-state index contributed by atoms with van der Waals surface area (Å²) < 4.78 is 0. The number of carbonyl (C=O) groups is 1. The van der Waals surface area contributed by atoms with Crippen molar-refractivity contribution in [3.63, 3.8) is 0 Å². The number of carbonyl (C=O) groups excluding carboxylic acids is 1. The van der Waals surface area contributed by atoms with Gasteiger partial charge in [-0.15, -0.1) is 0 Å². The van der Waals surface area contributed by atoms with E-state index in [0.717, 1.165) is 24.3 Å². The first-order valence-electron chi connectivity index (χ1n) is 8.59. The predicted octanol–water partition coefficient (Wildman–Crippen LogP) is 3.40. The molecule has 0 aliphatic rings. The fourth-order valence-electron chi connectivity index (χ4n) is 2.43. The summed E-state index contributed by atoms with van der Waals surface area (Å²) in [5, 5.41) is 7.07. The summed E-state index contributed by atoms with van der Waals surface area (Å²) in [5.41, 5.74) is 6.77. The highest BCUT2D eigenvalue weighted by Gasteiger charge is 2.01. The smallest absolute Gasteiger partial charge is 0.259 e. The number of rotatable bonds is 8. The molecule has 25 heavy (non-hydrogen) atoms. The van der Waals surface area contributed by atoms with Crippen LogP contribution in [-0.2, 0) is 4.79 Å². The number of nitrogens with zero attached hydrogens (tertiary/aromatic N) is 2. The van der Waals surface area contributed by atoms with E-state index in [0.29, 0.717) is 0 Å². The van der Waals surface area contributed by atoms with Gasteiger partial charge in [-0.2, -0.15) is 5.10 Å².